The van der Waals surface area contributed by atoms with Crippen LogP contribution in [0.15, 0.2) is 39.0 Å². The van der Waals surface area contributed by atoms with Crippen LogP contribution < -0.4 is 0 Å². The average molecular weight is 384 g/mol. The highest BCUT2D eigenvalue weighted by atomic mass is 79.9. The van der Waals surface area contributed by atoms with Gasteiger partial charge in [-0.2, -0.15) is 5.26 Å². The van der Waals surface area contributed by atoms with Crippen molar-refractivity contribution in [2.45, 2.75) is 26.7 Å². The Labute approximate surface area is 143 Å². The van der Waals surface area contributed by atoms with Crippen molar-refractivity contribution in [2.24, 2.45) is 10.2 Å². The lowest BCUT2D eigenvalue weighted by molar-refractivity contribution is 0.152. The number of aryl methyl sites for hydroxylation is 1. The number of ether oxygens (including phenoxy) is 2. The monoisotopic (exact) mass is 383 g/mol. The van der Waals surface area contributed by atoms with Crippen molar-refractivity contribution < 1.29 is 19.1 Å². The van der Waals surface area contributed by atoms with Crippen molar-refractivity contribution in [1.82, 2.24) is 0 Å². The number of hydrogen-bond acceptors (Lipinski definition) is 5. The number of azo groups is 1. The Balaban J connectivity index is 0.000000422. The first-order valence-corrected chi connectivity index (χ1v) is 7.69. The second-order valence-electron chi connectivity index (χ2n) is 3.88. The molecule has 0 aliphatic carbocycles. The lowest BCUT2D eigenvalue weighted by atomic mass is 10.1. The summed E-state index contributed by atoms with van der Waals surface area (Å²) in [6.07, 6.45) is -0.345. The predicted molar refractivity (Wildman–Crippen MR) is 87.0 cm³/mol. The van der Waals surface area contributed by atoms with E-state index in [0.717, 1.165) is 10.9 Å². The van der Waals surface area contributed by atoms with Gasteiger partial charge in [0.25, 0.3) is 0 Å². The molecule has 0 radical (unpaired) electrons. The SMILES string of the molecule is CCOC(=O)N=NC(=O)OCC.N#CCCc1ccc(Br)cc1. The van der Waals surface area contributed by atoms with Gasteiger partial charge in [0.2, 0.25) is 0 Å². The van der Waals surface area contributed by atoms with Crippen LogP contribution in [-0.2, 0) is 15.9 Å². The molecule has 8 heteroatoms. The van der Waals surface area contributed by atoms with Crippen molar-refractivity contribution in [2.75, 3.05) is 13.2 Å². The van der Waals surface area contributed by atoms with Crippen LogP contribution in [0.3, 0.4) is 0 Å². The summed E-state index contributed by atoms with van der Waals surface area (Å²) in [5.74, 6) is 0. The largest absolute Gasteiger partial charge is 0.452 e. The maximum Gasteiger partial charge on any atom is 0.452 e. The van der Waals surface area contributed by atoms with Gasteiger partial charge in [-0.25, -0.2) is 9.59 Å². The summed E-state index contributed by atoms with van der Waals surface area (Å²) in [7, 11) is 0. The van der Waals surface area contributed by atoms with Crippen LogP contribution in [0, 0.1) is 11.3 Å². The number of carbonyl (C=O) groups excluding carboxylic acids is 2. The topological polar surface area (TPSA) is 101 Å². The Morgan fingerprint density at radius 3 is 1.96 bits per heavy atom. The van der Waals surface area contributed by atoms with Crippen LogP contribution >= 0.6 is 15.9 Å². The van der Waals surface area contributed by atoms with E-state index >= 15 is 0 Å². The molecule has 0 heterocycles. The molecule has 124 valence electrons. The molecule has 1 aromatic rings. The fraction of sp³-hybridized carbons (Fsp3) is 0.400. The van der Waals surface area contributed by atoms with Gasteiger partial charge in [-0.15, -0.1) is 0 Å². The van der Waals surface area contributed by atoms with Gasteiger partial charge in [0, 0.05) is 10.9 Å². The summed E-state index contributed by atoms with van der Waals surface area (Å²) in [6.45, 7) is 3.64. The predicted octanol–water partition coefficient (Wildman–Crippen LogP) is 4.66. The first kappa shape index (κ1) is 20.7. The molecule has 0 aliphatic rings. The molecular weight excluding hydrogens is 366 g/mol. The van der Waals surface area contributed by atoms with Crippen LogP contribution in [0.5, 0.6) is 0 Å². The van der Waals surface area contributed by atoms with Crippen LogP contribution in [-0.4, -0.2) is 25.4 Å². The second-order valence-corrected chi connectivity index (χ2v) is 4.80. The first-order chi connectivity index (χ1) is 11.0. The third kappa shape index (κ3) is 12.0. The van der Waals surface area contributed by atoms with E-state index in [1.54, 1.807) is 13.8 Å². The minimum absolute atomic E-state index is 0.195. The third-order valence-corrected chi connectivity index (χ3v) is 2.72. The van der Waals surface area contributed by atoms with Crippen LogP contribution in [0.4, 0.5) is 9.59 Å². The van der Waals surface area contributed by atoms with Gasteiger partial charge in [-0.3, -0.25) is 0 Å². The molecule has 0 saturated heterocycles. The minimum atomic E-state index is -0.898. The van der Waals surface area contributed by atoms with Gasteiger partial charge in [-0.05, 0) is 38.0 Å². The van der Waals surface area contributed by atoms with E-state index in [2.05, 4.69) is 41.7 Å². The highest BCUT2D eigenvalue weighted by Gasteiger charge is 2.00. The number of benzene rings is 1. The molecule has 0 aliphatic heterocycles. The van der Waals surface area contributed by atoms with Crippen molar-refractivity contribution in [3.05, 3.63) is 34.3 Å². The Bertz CT molecular complexity index is 533. The van der Waals surface area contributed by atoms with E-state index in [0.29, 0.717) is 6.42 Å². The molecule has 0 N–H and O–H groups in total. The molecule has 0 fully saturated rings. The smallest absolute Gasteiger partial charge is 0.447 e. The number of nitriles is 1. The number of amides is 2. The highest BCUT2D eigenvalue weighted by Crippen LogP contribution is 2.11. The Morgan fingerprint density at radius 2 is 1.57 bits per heavy atom. The fourth-order valence-electron chi connectivity index (χ4n) is 1.24. The van der Waals surface area contributed by atoms with Gasteiger partial charge < -0.3 is 9.47 Å². The zero-order valence-corrected chi connectivity index (χ0v) is 14.6. The van der Waals surface area contributed by atoms with Crippen LogP contribution in [0.1, 0.15) is 25.8 Å². The zero-order chi connectivity index (χ0) is 17.5. The first-order valence-electron chi connectivity index (χ1n) is 6.90. The maximum atomic E-state index is 10.5. The van der Waals surface area contributed by atoms with Crippen molar-refractivity contribution >= 4 is 28.1 Å². The van der Waals surface area contributed by atoms with Gasteiger partial charge in [0.1, 0.15) is 0 Å². The molecule has 0 bridgehead atoms. The summed E-state index contributed by atoms with van der Waals surface area (Å²) >= 11 is 3.35. The minimum Gasteiger partial charge on any atom is -0.447 e. The molecule has 0 unspecified atom stereocenters. The van der Waals surface area contributed by atoms with Gasteiger partial charge in [0.05, 0.1) is 19.3 Å². The van der Waals surface area contributed by atoms with Gasteiger partial charge >= 0.3 is 12.2 Å². The number of halogens is 1. The van der Waals surface area contributed by atoms with Crippen molar-refractivity contribution in [3.63, 3.8) is 0 Å². The second kappa shape index (κ2) is 13.4. The lowest BCUT2D eigenvalue weighted by Crippen LogP contribution is -2.00. The van der Waals surface area contributed by atoms with E-state index in [9.17, 15) is 9.59 Å². The molecule has 0 spiro atoms. The Kier molecular flexibility index (Phi) is 12.1. The lowest BCUT2D eigenvalue weighted by Gasteiger charge is -1.95. The standard InChI is InChI=1S/C9H8BrN.C6H10N2O4/c10-9-5-3-8(4-6-9)2-1-7-11;1-3-11-5(9)7-8-6(10)12-4-2/h3-6H,1-2H2;3-4H2,1-2H3. The number of nitrogens with zero attached hydrogens (tertiary/aromatic N) is 3. The molecule has 1 rings (SSSR count). The summed E-state index contributed by atoms with van der Waals surface area (Å²) in [5.41, 5.74) is 1.22. The van der Waals surface area contributed by atoms with Crippen molar-refractivity contribution in [1.29, 1.82) is 5.26 Å². The molecular formula is C15H18BrN3O4. The average Bonchev–Trinajstić information content (AvgIpc) is 2.54. The maximum absolute atomic E-state index is 10.5. The van der Waals surface area contributed by atoms with Crippen LogP contribution in [0.25, 0.3) is 0 Å². The highest BCUT2D eigenvalue weighted by molar-refractivity contribution is 9.10. The van der Waals surface area contributed by atoms with Gasteiger partial charge in [-0.1, -0.05) is 38.3 Å². The molecule has 2 amide bonds. The van der Waals surface area contributed by atoms with E-state index in [4.69, 9.17) is 5.26 Å². The summed E-state index contributed by atoms with van der Waals surface area (Å²) in [6, 6.07) is 10.2. The van der Waals surface area contributed by atoms with E-state index < -0.39 is 12.2 Å². The van der Waals surface area contributed by atoms with Crippen molar-refractivity contribution in [3.8, 4) is 6.07 Å². The quantitative estimate of drug-likeness (QED) is 0.703. The Hall–Kier alpha value is -2.27. The summed E-state index contributed by atoms with van der Waals surface area (Å²) < 4.78 is 9.81. The van der Waals surface area contributed by atoms with E-state index in [1.165, 1.54) is 5.56 Å². The number of rotatable bonds is 4. The summed E-state index contributed by atoms with van der Waals surface area (Å²) in [5, 5.41) is 14.2. The summed E-state index contributed by atoms with van der Waals surface area (Å²) in [4.78, 5) is 20.9. The third-order valence-electron chi connectivity index (χ3n) is 2.19. The van der Waals surface area contributed by atoms with E-state index in [1.807, 2.05) is 24.3 Å². The zero-order valence-electron chi connectivity index (χ0n) is 13.0. The molecule has 1 aromatic carbocycles. The van der Waals surface area contributed by atoms with Gasteiger partial charge in [0.15, 0.2) is 0 Å². The van der Waals surface area contributed by atoms with E-state index in [-0.39, 0.29) is 13.2 Å². The molecule has 0 atom stereocenters. The normalized spacial score (nSPS) is 9.48. The molecule has 0 saturated carbocycles. The fourth-order valence-corrected chi connectivity index (χ4v) is 1.50. The number of carbonyl (C=O) groups is 2. The molecule has 0 aromatic heterocycles. The molecule has 7 nitrogen and oxygen atoms in total. The molecule has 23 heavy (non-hydrogen) atoms. The number of hydrogen-bond donors (Lipinski definition) is 0. The van der Waals surface area contributed by atoms with Crippen LogP contribution in [0.2, 0.25) is 0 Å². The Morgan fingerprint density at radius 1 is 1.09 bits per heavy atom.